The van der Waals surface area contributed by atoms with Crippen LogP contribution in [0.15, 0.2) is 29.2 Å². The first kappa shape index (κ1) is 18.3. The van der Waals surface area contributed by atoms with Crippen LogP contribution in [0.25, 0.3) is 0 Å². The molecule has 0 radical (unpaired) electrons. The maximum absolute atomic E-state index is 13.7. The molecule has 0 atom stereocenters. The van der Waals surface area contributed by atoms with Gasteiger partial charge in [-0.15, -0.1) is 0 Å². The third-order valence-electron chi connectivity index (χ3n) is 3.72. The highest BCUT2D eigenvalue weighted by atomic mass is 32.2. The number of hydrogen-bond donors (Lipinski definition) is 2. The predicted octanol–water partition coefficient (Wildman–Crippen LogP) is -1.40. The minimum atomic E-state index is -3.90. The van der Waals surface area contributed by atoms with Crippen molar-refractivity contribution in [2.24, 2.45) is 0 Å². The number of nitrogens with one attached hydrogen (secondary N) is 2. The second-order valence-corrected chi connectivity index (χ2v) is 7.21. The number of quaternary nitrogens is 1. The van der Waals surface area contributed by atoms with E-state index in [0.717, 1.165) is 18.1 Å². The van der Waals surface area contributed by atoms with Crippen LogP contribution in [0.3, 0.4) is 0 Å². The quantitative estimate of drug-likeness (QED) is 0.688. The van der Waals surface area contributed by atoms with Gasteiger partial charge in [0, 0.05) is 0 Å². The lowest BCUT2D eigenvalue weighted by atomic mass is 10.3. The highest BCUT2D eigenvalue weighted by Gasteiger charge is 2.32. The lowest BCUT2D eigenvalue weighted by Gasteiger charge is -2.31. The highest BCUT2D eigenvalue weighted by Crippen LogP contribution is 2.18. The first-order valence-electron chi connectivity index (χ1n) is 7.30. The van der Waals surface area contributed by atoms with Gasteiger partial charge in [-0.3, -0.25) is 10.1 Å². The maximum Gasteiger partial charge on any atom is 0.413 e. The van der Waals surface area contributed by atoms with Crippen LogP contribution >= 0.6 is 0 Å². The number of rotatable bonds is 4. The lowest BCUT2D eigenvalue weighted by Crippen LogP contribution is -3.15. The van der Waals surface area contributed by atoms with Crippen LogP contribution in [0.2, 0.25) is 0 Å². The molecule has 1 aliphatic rings. The zero-order valence-electron chi connectivity index (χ0n) is 13.1. The minimum absolute atomic E-state index is 0.0304. The van der Waals surface area contributed by atoms with Crippen molar-refractivity contribution >= 4 is 22.0 Å². The molecule has 132 valence electrons. The fourth-order valence-corrected chi connectivity index (χ4v) is 3.96. The van der Waals surface area contributed by atoms with Crippen molar-refractivity contribution in [2.75, 3.05) is 39.8 Å². The molecule has 1 saturated heterocycles. The van der Waals surface area contributed by atoms with Gasteiger partial charge in [-0.05, 0) is 12.1 Å². The number of sulfonamides is 1. The summed E-state index contributed by atoms with van der Waals surface area (Å²) >= 11 is 0. The Bertz CT molecular complexity index is 717. The Morgan fingerprint density at radius 1 is 1.29 bits per heavy atom. The summed E-state index contributed by atoms with van der Waals surface area (Å²) in [5, 5.41) is 2.05. The molecule has 2 amide bonds. The number of methoxy groups -OCH3 is 1. The number of ether oxygens (including phenoxy) is 1. The van der Waals surface area contributed by atoms with Gasteiger partial charge in [0.25, 0.3) is 5.91 Å². The van der Waals surface area contributed by atoms with Crippen LogP contribution in [-0.2, 0) is 19.6 Å². The van der Waals surface area contributed by atoms with Gasteiger partial charge in [0.2, 0.25) is 10.0 Å². The molecule has 8 nitrogen and oxygen atoms in total. The van der Waals surface area contributed by atoms with Crippen molar-refractivity contribution in [3.05, 3.63) is 30.1 Å². The van der Waals surface area contributed by atoms with Gasteiger partial charge in [0.15, 0.2) is 6.54 Å². The summed E-state index contributed by atoms with van der Waals surface area (Å²) in [5.74, 6) is -1.29. The minimum Gasteiger partial charge on any atom is -0.453 e. The number of piperazine rings is 1. The first-order chi connectivity index (χ1) is 11.3. The van der Waals surface area contributed by atoms with Gasteiger partial charge in [0.05, 0.1) is 33.3 Å². The second kappa shape index (κ2) is 7.69. The zero-order chi connectivity index (χ0) is 17.7. The molecule has 0 unspecified atom stereocenters. The number of carbonyl (C=O) groups excluding carboxylic acids is 2. The SMILES string of the molecule is COC(=O)NC(=O)C[NH+]1CCN(S(=O)(=O)c2ccccc2F)CC1. The number of benzene rings is 1. The predicted molar refractivity (Wildman–Crippen MR) is 81.3 cm³/mol. The number of halogens is 1. The number of hydrogen-bond acceptors (Lipinski definition) is 5. The molecular formula is C14H19FN3O5S+. The Morgan fingerprint density at radius 3 is 2.50 bits per heavy atom. The van der Waals surface area contributed by atoms with Gasteiger partial charge in [0.1, 0.15) is 10.7 Å². The maximum atomic E-state index is 13.7. The first-order valence-corrected chi connectivity index (χ1v) is 8.74. The van der Waals surface area contributed by atoms with Crippen LogP contribution in [0, 0.1) is 5.82 Å². The average Bonchev–Trinajstić information content (AvgIpc) is 2.55. The molecule has 1 fully saturated rings. The highest BCUT2D eigenvalue weighted by molar-refractivity contribution is 7.89. The molecule has 2 N–H and O–H groups in total. The summed E-state index contributed by atoms with van der Waals surface area (Å²) < 4.78 is 44.2. The second-order valence-electron chi connectivity index (χ2n) is 5.30. The van der Waals surface area contributed by atoms with Crippen molar-refractivity contribution in [1.29, 1.82) is 0 Å². The Labute approximate surface area is 139 Å². The van der Waals surface area contributed by atoms with E-state index in [4.69, 9.17) is 0 Å². The fraction of sp³-hybridized carbons (Fsp3) is 0.429. The molecule has 1 aromatic carbocycles. The van der Waals surface area contributed by atoms with Gasteiger partial charge >= 0.3 is 6.09 Å². The molecule has 0 aromatic heterocycles. The normalized spacial score (nSPS) is 16.6. The van der Waals surface area contributed by atoms with Gasteiger partial charge in [-0.1, -0.05) is 12.1 Å². The monoisotopic (exact) mass is 360 g/mol. The van der Waals surface area contributed by atoms with Crippen molar-refractivity contribution < 1.29 is 32.0 Å². The Morgan fingerprint density at radius 2 is 1.92 bits per heavy atom. The van der Waals surface area contributed by atoms with E-state index in [-0.39, 0.29) is 24.5 Å². The van der Waals surface area contributed by atoms with Crippen LogP contribution in [0.1, 0.15) is 0 Å². The third-order valence-corrected chi connectivity index (χ3v) is 5.65. The zero-order valence-corrected chi connectivity index (χ0v) is 13.9. The molecule has 2 rings (SSSR count). The summed E-state index contributed by atoms with van der Waals surface area (Å²) in [5.41, 5.74) is 0. The average molecular weight is 360 g/mol. The van der Waals surface area contributed by atoms with Crippen LogP contribution in [0.5, 0.6) is 0 Å². The van der Waals surface area contributed by atoms with E-state index in [1.807, 2.05) is 5.32 Å². The van der Waals surface area contributed by atoms with Gasteiger partial charge in [-0.2, -0.15) is 4.31 Å². The lowest BCUT2D eigenvalue weighted by molar-refractivity contribution is -0.895. The van der Waals surface area contributed by atoms with Crippen molar-refractivity contribution in [3.8, 4) is 0 Å². The number of alkyl carbamates (subject to hydrolysis) is 1. The van der Waals surface area contributed by atoms with E-state index in [1.165, 1.54) is 22.5 Å². The van der Waals surface area contributed by atoms with Crippen LogP contribution in [0.4, 0.5) is 9.18 Å². The number of imide groups is 1. The summed E-state index contributed by atoms with van der Waals surface area (Å²) in [4.78, 5) is 23.0. The molecule has 1 heterocycles. The number of carbonyl (C=O) groups is 2. The molecule has 1 aromatic rings. The Balaban J connectivity index is 1.94. The number of amides is 2. The number of nitrogens with zero attached hydrogens (tertiary/aromatic N) is 1. The van der Waals surface area contributed by atoms with Gasteiger partial charge < -0.3 is 9.64 Å². The van der Waals surface area contributed by atoms with E-state index in [2.05, 4.69) is 4.74 Å². The molecule has 10 heteroatoms. The molecular weight excluding hydrogens is 341 g/mol. The van der Waals surface area contributed by atoms with Crippen molar-refractivity contribution in [1.82, 2.24) is 9.62 Å². The summed E-state index contributed by atoms with van der Waals surface area (Å²) in [6.45, 7) is 1.11. The van der Waals surface area contributed by atoms with E-state index in [0.29, 0.717) is 13.1 Å². The van der Waals surface area contributed by atoms with E-state index in [9.17, 15) is 22.4 Å². The molecule has 0 saturated carbocycles. The van der Waals surface area contributed by atoms with Gasteiger partial charge in [-0.25, -0.2) is 17.6 Å². The van der Waals surface area contributed by atoms with Crippen molar-refractivity contribution in [3.63, 3.8) is 0 Å². The topological polar surface area (TPSA) is 97.2 Å². The third kappa shape index (κ3) is 4.28. The largest absolute Gasteiger partial charge is 0.453 e. The summed E-state index contributed by atoms with van der Waals surface area (Å²) in [7, 11) is -2.74. The molecule has 1 aliphatic heterocycles. The van der Waals surface area contributed by atoms with E-state index < -0.39 is 27.8 Å². The molecule has 0 bridgehead atoms. The van der Waals surface area contributed by atoms with Crippen LogP contribution < -0.4 is 10.2 Å². The van der Waals surface area contributed by atoms with Crippen molar-refractivity contribution in [2.45, 2.75) is 4.90 Å². The standard InChI is InChI=1S/C14H18FN3O5S/c1-23-14(20)16-13(19)10-17-6-8-18(9-7-17)24(21,22)12-5-3-2-4-11(12)15/h2-5H,6-10H2,1H3,(H,16,19,20)/p+1. The van der Waals surface area contributed by atoms with E-state index in [1.54, 1.807) is 0 Å². The Kier molecular flexibility index (Phi) is 5.86. The molecule has 0 aliphatic carbocycles. The summed E-state index contributed by atoms with van der Waals surface area (Å²) in [6, 6.07) is 5.23. The van der Waals surface area contributed by atoms with E-state index >= 15 is 0 Å². The molecule has 0 spiro atoms. The molecule has 24 heavy (non-hydrogen) atoms. The summed E-state index contributed by atoms with van der Waals surface area (Å²) in [6.07, 6.45) is -0.833. The Hall–Kier alpha value is -2.04. The van der Waals surface area contributed by atoms with Crippen LogP contribution in [-0.4, -0.2) is 64.6 Å². The fourth-order valence-electron chi connectivity index (χ4n) is 2.45. The smallest absolute Gasteiger partial charge is 0.413 e.